The molecular formula is C7H5BrN2Se. The monoisotopic (exact) mass is 276 g/mol. The molecule has 0 unspecified atom stereocenters. The fraction of sp³-hybridized carbons (Fsp3) is 0.143. The van der Waals surface area contributed by atoms with Crippen LogP contribution in [0.2, 0.25) is 0 Å². The zero-order valence-corrected chi connectivity index (χ0v) is 8.92. The van der Waals surface area contributed by atoms with Crippen molar-refractivity contribution in [1.29, 1.82) is 0 Å². The molecular weight excluding hydrogens is 271 g/mol. The van der Waals surface area contributed by atoms with Gasteiger partial charge in [0.15, 0.2) is 0 Å². The van der Waals surface area contributed by atoms with Crippen molar-refractivity contribution < 1.29 is 0 Å². The van der Waals surface area contributed by atoms with Crippen LogP contribution in [0.25, 0.3) is 11.0 Å². The molecule has 0 spiro atoms. The molecule has 1 heterocycles. The molecule has 0 atom stereocenters. The van der Waals surface area contributed by atoms with Crippen molar-refractivity contribution in [2.45, 2.75) is 5.33 Å². The number of hydrogen-bond donors (Lipinski definition) is 0. The molecule has 0 fully saturated rings. The van der Waals surface area contributed by atoms with E-state index in [4.69, 9.17) is 0 Å². The van der Waals surface area contributed by atoms with Gasteiger partial charge in [-0.2, -0.15) is 0 Å². The minimum atomic E-state index is 0.104. The first kappa shape index (κ1) is 7.47. The summed E-state index contributed by atoms with van der Waals surface area (Å²) < 4.78 is 8.54. The van der Waals surface area contributed by atoms with Crippen LogP contribution in [-0.4, -0.2) is 22.9 Å². The molecule has 0 aliphatic heterocycles. The van der Waals surface area contributed by atoms with E-state index >= 15 is 0 Å². The molecule has 2 rings (SSSR count). The quantitative estimate of drug-likeness (QED) is 0.583. The standard InChI is InChI=1S/C7H5BrN2Se/c8-4-5-1-2-6-7(3-5)10-11-9-6/h1-3H,4H2. The second-order valence-electron chi connectivity index (χ2n) is 2.22. The molecule has 2 aromatic rings. The topological polar surface area (TPSA) is 25.8 Å². The van der Waals surface area contributed by atoms with Crippen LogP contribution in [0.3, 0.4) is 0 Å². The normalized spacial score (nSPS) is 10.6. The summed E-state index contributed by atoms with van der Waals surface area (Å²) in [7, 11) is 0. The number of aromatic nitrogens is 2. The number of alkyl halides is 1. The van der Waals surface area contributed by atoms with Crippen molar-refractivity contribution in [2.24, 2.45) is 0 Å². The fourth-order valence-corrected chi connectivity index (χ4v) is 2.35. The molecule has 1 aromatic carbocycles. The van der Waals surface area contributed by atoms with Gasteiger partial charge >= 0.3 is 79.0 Å². The Morgan fingerprint density at radius 1 is 1.27 bits per heavy atom. The Kier molecular flexibility index (Phi) is 2.07. The number of hydrogen-bond acceptors (Lipinski definition) is 2. The number of nitrogens with zero attached hydrogens (tertiary/aromatic N) is 2. The van der Waals surface area contributed by atoms with Crippen LogP contribution >= 0.6 is 15.9 Å². The van der Waals surface area contributed by atoms with Crippen molar-refractivity contribution in [1.82, 2.24) is 7.96 Å². The van der Waals surface area contributed by atoms with Crippen LogP contribution in [0.5, 0.6) is 0 Å². The van der Waals surface area contributed by atoms with Crippen molar-refractivity contribution in [3.63, 3.8) is 0 Å². The average Bonchev–Trinajstić information content (AvgIpc) is 2.50. The van der Waals surface area contributed by atoms with Crippen LogP contribution in [0.15, 0.2) is 18.2 Å². The summed E-state index contributed by atoms with van der Waals surface area (Å²) in [4.78, 5) is 0. The Labute approximate surface area is 79.0 Å². The first-order chi connectivity index (χ1) is 5.40. The number of benzene rings is 1. The number of halogens is 1. The molecule has 0 saturated carbocycles. The van der Waals surface area contributed by atoms with Crippen LogP contribution in [0.1, 0.15) is 5.56 Å². The van der Waals surface area contributed by atoms with Gasteiger partial charge in [0.1, 0.15) is 0 Å². The minimum absolute atomic E-state index is 0.104. The van der Waals surface area contributed by atoms with Gasteiger partial charge in [-0.15, -0.1) is 0 Å². The van der Waals surface area contributed by atoms with Gasteiger partial charge < -0.3 is 0 Å². The van der Waals surface area contributed by atoms with Gasteiger partial charge in [-0.3, -0.25) is 0 Å². The molecule has 0 radical (unpaired) electrons. The van der Waals surface area contributed by atoms with Crippen molar-refractivity contribution in [3.8, 4) is 0 Å². The van der Waals surface area contributed by atoms with E-state index in [2.05, 4.69) is 36.0 Å². The Balaban J connectivity index is 2.67. The predicted octanol–water partition coefficient (Wildman–Crippen LogP) is 1.58. The summed E-state index contributed by atoms with van der Waals surface area (Å²) in [6.07, 6.45) is 0. The molecule has 4 heteroatoms. The van der Waals surface area contributed by atoms with Gasteiger partial charge in [0, 0.05) is 0 Å². The van der Waals surface area contributed by atoms with E-state index in [1.165, 1.54) is 5.56 Å². The first-order valence-electron chi connectivity index (χ1n) is 3.17. The molecule has 1 aromatic heterocycles. The van der Waals surface area contributed by atoms with Crippen LogP contribution in [0.4, 0.5) is 0 Å². The maximum absolute atomic E-state index is 4.28. The third-order valence-electron chi connectivity index (χ3n) is 1.47. The van der Waals surface area contributed by atoms with Crippen LogP contribution < -0.4 is 0 Å². The van der Waals surface area contributed by atoms with Crippen molar-refractivity contribution in [3.05, 3.63) is 23.8 Å². The van der Waals surface area contributed by atoms with Gasteiger partial charge in [0.05, 0.1) is 0 Å². The molecule has 56 valence electrons. The van der Waals surface area contributed by atoms with Crippen LogP contribution in [-0.2, 0) is 5.33 Å². The van der Waals surface area contributed by atoms with E-state index in [0.29, 0.717) is 0 Å². The summed E-state index contributed by atoms with van der Waals surface area (Å²) in [6, 6.07) is 6.19. The zero-order chi connectivity index (χ0) is 7.68. The molecule has 11 heavy (non-hydrogen) atoms. The molecule has 0 amide bonds. The van der Waals surface area contributed by atoms with Crippen molar-refractivity contribution >= 4 is 41.9 Å². The Morgan fingerprint density at radius 2 is 2.09 bits per heavy atom. The summed E-state index contributed by atoms with van der Waals surface area (Å²) in [5, 5.41) is 0.892. The van der Waals surface area contributed by atoms with E-state index < -0.39 is 0 Å². The molecule has 0 aliphatic carbocycles. The number of rotatable bonds is 1. The molecule has 0 N–H and O–H groups in total. The SMILES string of the molecule is BrCc1ccc2n[se]nc2c1. The van der Waals surface area contributed by atoms with Gasteiger partial charge in [-0.05, 0) is 0 Å². The van der Waals surface area contributed by atoms with Gasteiger partial charge in [-0.25, -0.2) is 0 Å². The average molecular weight is 276 g/mol. The number of fused-ring (bicyclic) bond motifs is 1. The maximum atomic E-state index is 4.28. The Bertz CT molecular complexity index is 371. The third-order valence-corrected chi connectivity index (χ3v) is 3.29. The first-order valence-corrected chi connectivity index (χ1v) is 5.82. The summed E-state index contributed by atoms with van der Waals surface area (Å²) >= 11 is 3.50. The van der Waals surface area contributed by atoms with Gasteiger partial charge in [0.2, 0.25) is 0 Å². The fourth-order valence-electron chi connectivity index (χ4n) is 0.911. The van der Waals surface area contributed by atoms with E-state index in [1.807, 2.05) is 6.07 Å². The second-order valence-corrected chi connectivity index (χ2v) is 3.89. The summed E-state index contributed by atoms with van der Waals surface area (Å²) in [6.45, 7) is 0. The second kappa shape index (κ2) is 3.05. The van der Waals surface area contributed by atoms with Crippen molar-refractivity contribution in [2.75, 3.05) is 0 Å². The van der Waals surface area contributed by atoms with Gasteiger partial charge in [0.25, 0.3) is 0 Å². The predicted molar refractivity (Wildman–Crippen MR) is 49.1 cm³/mol. The molecule has 0 aliphatic rings. The van der Waals surface area contributed by atoms with E-state index in [0.717, 1.165) is 16.4 Å². The Morgan fingerprint density at radius 3 is 2.91 bits per heavy atom. The summed E-state index contributed by atoms with van der Waals surface area (Å²) in [5.41, 5.74) is 3.37. The molecule has 0 saturated heterocycles. The molecule has 0 bridgehead atoms. The van der Waals surface area contributed by atoms with Gasteiger partial charge in [-0.1, -0.05) is 0 Å². The summed E-state index contributed by atoms with van der Waals surface area (Å²) in [5.74, 6) is 0. The van der Waals surface area contributed by atoms with Crippen LogP contribution in [0, 0.1) is 0 Å². The van der Waals surface area contributed by atoms with E-state index in [9.17, 15) is 0 Å². The zero-order valence-electron chi connectivity index (χ0n) is 5.62. The van der Waals surface area contributed by atoms with E-state index in [-0.39, 0.29) is 15.0 Å². The third kappa shape index (κ3) is 1.39. The Hall–Kier alpha value is -0.181. The van der Waals surface area contributed by atoms with E-state index in [1.54, 1.807) is 0 Å². The molecule has 2 nitrogen and oxygen atoms in total.